The molecule has 2 aliphatic heterocycles. The monoisotopic (exact) mass is 1240 g/mol. The van der Waals surface area contributed by atoms with Crippen molar-refractivity contribution < 1.29 is 0 Å². The number of hydrogen-bond donors (Lipinski definition) is 0. The van der Waals surface area contributed by atoms with Crippen molar-refractivity contribution in [2.75, 3.05) is 0 Å². The molecule has 0 unspecified atom stereocenters. The molecule has 0 spiro atoms. The number of aromatic nitrogens is 2. The zero-order chi connectivity index (χ0) is 62.5. The van der Waals surface area contributed by atoms with Crippen LogP contribution in [0.15, 0.2) is 261 Å². The zero-order valence-corrected chi connectivity index (χ0v) is 58.2. The molecule has 442 valence electrons. The second-order valence-corrected chi connectivity index (χ2v) is 49.1. The third kappa shape index (κ3) is 9.60. The Balaban J connectivity index is 1.10. The molecule has 0 N–H and O–H groups in total. The van der Waals surface area contributed by atoms with E-state index in [-0.39, 0.29) is 0 Å². The summed E-state index contributed by atoms with van der Waals surface area (Å²) in [5.74, 6) is 0. The van der Waals surface area contributed by atoms with Gasteiger partial charge in [-0.3, -0.25) is 0 Å². The first-order valence-corrected chi connectivity index (χ1v) is 46.0. The van der Waals surface area contributed by atoms with E-state index in [1.165, 1.54) is 158 Å². The molecule has 0 amide bonds. The Kier molecular flexibility index (Phi) is 13.1. The zero-order valence-electron chi connectivity index (χ0n) is 54.2. The molecule has 6 heteroatoms. The van der Waals surface area contributed by atoms with Gasteiger partial charge >= 0.3 is 0 Å². The van der Waals surface area contributed by atoms with Crippen LogP contribution in [0.2, 0.25) is 72.0 Å². The van der Waals surface area contributed by atoms with Crippen LogP contribution in [0.3, 0.4) is 0 Å². The lowest BCUT2D eigenvalue weighted by Crippen LogP contribution is -2.52. The lowest BCUT2D eigenvalue weighted by molar-refractivity contribution is 1.18. The maximum absolute atomic E-state index is 2.58. The molecule has 15 aromatic rings. The SMILES string of the molecule is C[Si](C)(C)c1ccc2c(c1)c1cc([Si](C)(C)C)ccc1n2-c1ccc2c3c4cc(ccc4c(-c4cc(-c5ccccc5)cc(-c5ccccc5)c4)c2c1)-n1c2ccc([Si](C)(C)C)cc2c2cc(ccc21)[Si](C)(C)c1cccc(c1)-c1cc(-c2ccccc2)cc-3c1. The minimum Gasteiger partial charge on any atom is -0.309 e. The van der Waals surface area contributed by atoms with Crippen LogP contribution >= 0.6 is 0 Å². The van der Waals surface area contributed by atoms with Crippen molar-refractivity contribution in [3.63, 3.8) is 0 Å². The van der Waals surface area contributed by atoms with Crippen LogP contribution in [-0.2, 0) is 0 Å². The molecule has 13 aromatic carbocycles. The summed E-state index contributed by atoms with van der Waals surface area (Å²) in [4.78, 5) is 0. The van der Waals surface area contributed by atoms with Gasteiger partial charge in [-0.2, -0.15) is 0 Å². The van der Waals surface area contributed by atoms with Gasteiger partial charge in [0, 0.05) is 32.9 Å². The largest absolute Gasteiger partial charge is 0.309 e. The van der Waals surface area contributed by atoms with Crippen LogP contribution in [0.25, 0.3) is 143 Å². The van der Waals surface area contributed by atoms with Crippen LogP contribution in [0.1, 0.15) is 0 Å². The fourth-order valence-corrected chi connectivity index (χ4v) is 20.7. The lowest BCUT2D eigenvalue weighted by Gasteiger charge is -2.25. The number of nitrogens with zero attached hydrogens (tertiary/aromatic N) is 2. The fraction of sp³-hybridized carbons (Fsp3) is 0.129. The van der Waals surface area contributed by atoms with Gasteiger partial charge in [-0.1, -0.05) is 274 Å². The third-order valence-electron chi connectivity index (χ3n) is 20.1. The Morgan fingerprint density at radius 3 is 0.945 bits per heavy atom. The minimum absolute atomic E-state index is 1.15. The molecular weight excluding hydrogens is 1160 g/mol. The van der Waals surface area contributed by atoms with Crippen molar-refractivity contribution in [2.45, 2.75) is 72.0 Å². The van der Waals surface area contributed by atoms with Crippen molar-refractivity contribution in [1.29, 1.82) is 0 Å². The maximum Gasteiger partial charge on any atom is 0.112 e. The van der Waals surface area contributed by atoms with Gasteiger partial charge < -0.3 is 9.13 Å². The van der Waals surface area contributed by atoms with Crippen molar-refractivity contribution >= 4 is 123 Å². The molecule has 17 rings (SSSR count). The molecule has 10 bridgehead atoms. The molecule has 2 aliphatic rings. The van der Waals surface area contributed by atoms with Crippen LogP contribution in [-0.4, -0.2) is 41.4 Å². The summed E-state index contributed by atoms with van der Waals surface area (Å²) in [5.41, 5.74) is 21.7. The molecule has 91 heavy (non-hydrogen) atoms. The van der Waals surface area contributed by atoms with Gasteiger partial charge in [0.2, 0.25) is 0 Å². The van der Waals surface area contributed by atoms with Gasteiger partial charge in [0.25, 0.3) is 0 Å². The number of benzene rings is 13. The molecule has 0 saturated carbocycles. The smallest absolute Gasteiger partial charge is 0.112 e. The number of rotatable bonds is 8. The first-order valence-electron chi connectivity index (χ1n) is 32.5. The average Bonchev–Trinajstić information content (AvgIpc) is 1.72. The summed E-state index contributed by atoms with van der Waals surface area (Å²) in [6, 6.07) is 102. The van der Waals surface area contributed by atoms with Gasteiger partial charge in [0.1, 0.15) is 8.07 Å². The van der Waals surface area contributed by atoms with E-state index in [0.29, 0.717) is 0 Å². The molecule has 0 fully saturated rings. The molecule has 0 saturated heterocycles. The first kappa shape index (κ1) is 57.0. The molecular formula is C85H76N2Si4. The Morgan fingerprint density at radius 2 is 0.560 bits per heavy atom. The summed E-state index contributed by atoms with van der Waals surface area (Å²) < 4.78 is 5.16. The summed E-state index contributed by atoms with van der Waals surface area (Å²) in [5, 5.41) is 17.5. The number of hydrogen-bond acceptors (Lipinski definition) is 0. The number of fused-ring (bicyclic) bond motifs is 6. The van der Waals surface area contributed by atoms with Crippen molar-refractivity contribution in [3.05, 3.63) is 261 Å². The van der Waals surface area contributed by atoms with Crippen LogP contribution in [0.4, 0.5) is 0 Å². The van der Waals surface area contributed by atoms with E-state index in [2.05, 4.69) is 342 Å². The molecule has 2 nitrogen and oxygen atoms in total. The fourth-order valence-electron chi connectivity index (χ4n) is 14.9. The van der Waals surface area contributed by atoms with Crippen LogP contribution in [0.5, 0.6) is 0 Å². The summed E-state index contributed by atoms with van der Waals surface area (Å²) >= 11 is 0. The average molecular weight is 1240 g/mol. The van der Waals surface area contributed by atoms with Crippen molar-refractivity contribution in [2.24, 2.45) is 0 Å². The van der Waals surface area contributed by atoms with E-state index in [9.17, 15) is 0 Å². The Hall–Kier alpha value is -9.15. The maximum atomic E-state index is 2.58. The van der Waals surface area contributed by atoms with E-state index < -0.39 is 32.3 Å². The molecule has 0 aliphatic carbocycles. The molecule has 0 atom stereocenters. The van der Waals surface area contributed by atoms with Gasteiger partial charge in [0.15, 0.2) is 0 Å². The molecule has 2 aromatic heterocycles. The highest BCUT2D eigenvalue weighted by Gasteiger charge is 2.31. The quantitative estimate of drug-likeness (QED) is 0.106. The van der Waals surface area contributed by atoms with Gasteiger partial charge in [0.05, 0.1) is 46.3 Å². The third-order valence-corrected chi connectivity index (χ3v) is 29.8. The van der Waals surface area contributed by atoms with E-state index in [0.717, 1.165) is 11.4 Å². The van der Waals surface area contributed by atoms with E-state index in [1.54, 1.807) is 0 Å². The summed E-state index contributed by atoms with van der Waals surface area (Å²) in [6.45, 7) is 27.4. The highest BCUT2D eigenvalue weighted by Crippen LogP contribution is 2.49. The van der Waals surface area contributed by atoms with E-state index in [1.807, 2.05) is 0 Å². The van der Waals surface area contributed by atoms with Crippen molar-refractivity contribution in [1.82, 2.24) is 9.13 Å². The predicted octanol–water partition coefficient (Wildman–Crippen LogP) is 21.0. The Bertz CT molecular complexity index is 5350. The second-order valence-electron chi connectivity index (χ2n) is 29.5. The van der Waals surface area contributed by atoms with E-state index >= 15 is 0 Å². The van der Waals surface area contributed by atoms with Crippen LogP contribution in [0, 0.1) is 0 Å². The molecule has 4 heterocycles. The standard InChI is InChI=1S/C85H76N2Si4/c1-88(2,3)67-32-38-80-74(51-67)75-52-68(89(4,5)6)33-39-81(75)86(80)65-30-37-73-78(49-65)84(63-44-59(55-22-15-12-16-23-55)42-60(45-63)56-24-17-13-18-25-56)72-36-31-66-50-79(72)85(73)64-46-61(57-26-19-14-20-27-57)43-62(47-64)58-28-21-29-70(48-58)91(10,11)71-35-41-83-77(54-71)76-53-69(90(7,8)9)34-40-82(76)87(66)83/h12-54H,1-11H3. The topological polar surface area (TPSA) is 9.86 Å². The highest BCUT2D eigenvalue weighted by atomic mass is 28.3. The first-order chi connectivity index (χ1) is 43.7. The Morgan fingerprint density at radius 1 is 0.231 bits per heavy atom. The van der Waals surface area contributed by atoms with Gasteiger partial charge in [-0.15, -0.1) is 0 Å². The van der Waals surface area contributed by atoms with Gasteiger partial charge in [-0.05, 0) is 173 Å². The van der Waals surface area contributed by atoms with Crippen LogP contribution < -0.4 is 25.9 Å². The highest BCUT2D eigenvalue weighted by molar-refractivity contribution is 7.00. The van der Waals surface area contributed by atoms with E-state index in [4.69, 9.17) is 0 Å². The molecule has 0 radical (unpaired) electrons. The Labute approximate surface area is 539 Å². The van der Waals surface area contributed by atoms with Crippen molar-refractivity contribution in [3.8, 4) is 78.1 Å². The summed E-state index contributed by atoms with van der Waals surface area (Å²) in [6.07, 6.45) is 0. The second kappa shape index (κ2) is 21.0. The minimum atomic E-state index is -2.27. The predicted molar refractivity (Wildman–Crippen MR) is 408 cm³/mol. The summed E-state index contributed by atoms with van der Waals surface area (Å²) in [7, 11) is -7.33. The normalized spacial score (nSPS) is 13.3. The van der Waals surface area contributed by atoms with Gasteiger partial charge in [-0.25, -0.2) is 0 Å². The lowest BCUT2D eigenvalue weighted by atomic mass is 9.83.